The highest BCUT2D eigenvalue weighted by atomic mass is 16.5. The summed E-state index contributed by atoms with van der Waals surface area (Å²) in [6.07, 6.45) is 3.10. The van der Waals surface area contributed by atoms with Crippen molar-refractivity contribution in [2.75, 3.05) is 19.7 Å². The van der Waals surface area contributed by atoms with Gasteiger partial charge in [0.25, 0.3) is 11.8 Å². The fourth-order valence-corrected chi connectivity index (χ4v) is 3.02. The normalized spacial score (nSPS) is 14.7. The van der Waals surface area contributed by atoms with Gasteiger partial charge in [0.15, 0.2) is 0 Å². The molecule has 0 saturated carbocycles. The van der Waals surface area contributed by atoms with Crippen LogP contribution in [0.2, 0.25) is 0 Å². The van der Waals surface area contributed by atoms with Crippen molar-refractivity contribution >= 4 is 11.8 Å². The summed E-state index contributed by atoms with van der Waals surface area (Å²) in [7, 11) is 0. The van der Waals surface area contributed by atoms with Crippen LogP contribution in [0.15, 0.2) is 48.7 Å². The summed E-state index contributed by atoms with van der Waals surface area (Å²) in [5, 5.41) is 3.05. The number of aromatic nitrogens is 1. The number of likely N-dealkylation sites (tertiary alicyclic amines) is 1. The molecule has 1 saturated heterocycles. The Labute approximate surface area is 153 Å². The van der Waals surface area contributed by atoms with Gasteiger partial charge in [0, 0.05) is 30.9 Å². The van der Waals surface area contributed by atoms with E-state index in [0.29, 0.717) is 31.0 Å². The summed E-state index contributed by atoms with van der Waals surface area (Å²) in [5.74, 6) is 0.606. The van der Waals surface area contributed by atoms with Crippen LogP contribution in [-0.4, -0.2) is 47.4 Å². The zero-order chi connectivity index (χ0) is 18.4. The van der Waals surface area contributed by atoms with Crippen LogP contribution >= 0.6 is 0 Å². The van der Waals surface area contributed by atoms with Crippen LogP contribution in [-0.2, 0) is 0 Å². The number of nitrogens with zero attached hydrogens (tertiary/aromatic N) is 2. The van der Waals surface area contributed by atoms with Crippen LogP contribution in [0.4, 0.5) is 0 Å². The Kier molecular flexibility index (Phi) is 5.84. The van der Waals surface area contributed by atoms with Gasteiger partial charge in [0.2, 0.25) is 0 Å². The molecule has 136 valence electrons. The quantitative estimate of drug-likeness (QED) is 0.897. The van der Waals surface area contributed by atoms with E-state index in [2.05, 4.69) is 10.3 Å². The molecule has 0 bridgehead atoms. The van der Waals surface area contributed by atoms with Crippen LogP contribution in [0.25, 0.3) is 0 Å². The molecule has 0 aliphatic carbocycles. The Hall–Kier alpha value is -2.89. The van der Waals surface area contributed by atoms with E-state index in [1.165, 1.54) is 0 Å². The van der Waals surface area contributed by atoms with Crippen molar-refractivity contribution in [3.63, 3.8) is 0 Å². The van der Waals surface area contributed by atoms with Crippen LogP contribution in [0.5, 0.6) is 5.75 Å². The molecule has 0 unspecified atom stereocenters. The van der Waals surface area contributed by atoms with Gasteiger partial charge in [-0.25, -0.2) is 0 Å². The molecule has 26 heavy (non-hydrogen) atoms. The lowest BCUT2D eigenvalue weighted by molar-refractivity contribution is 0.0692. The number of hydrogen-bond acceptors (Lipinski definition) is 4. The zero-order valence-corrected chi connectivity index (χ0v) is 14.9. The molecular weight excluding hydrogens is 330 g/mol. The highest BCUT2D eigenvalue weighted by Gasteiger charge is 2.25. The monoisotopic (exact) mass is 353 g/mol. The Morgan fingerprint density at radius 1 is 1.15 bits per heavy atom. The molecule has 1 aromatic heterocycles. The lowest BCUT2D eigenvalue weighted by Crippen LogP contribution is -2.46. The van der Waals surface area contributed by atoms with Gasteiger partial charge < -0.3 is 15.0 Å². The zero-order valence-electron chi connectivity index (χ0n) is 14.9. The van der Waals surface area contributed by atoms with Crippen molar-refractivity contribution in [3.05, 3.63) is 59.9 Å². The molecule has 6 heteroatoms. The number of hydrogen-bond donors (Lipinski definition) is 1. The lowest BCUT2D eigenvalue weighted by atomic mass is 10.0. The van der Waals surface area contributed by atoms with Gasteiger partial charge in [-0.15, -0.1) is 0 Å². The average Bonchev–Trinajstić information content (AvgIpc) is 2.69. The van der Waals surface area contributed by atoms with Crippen LogP contribution < -0.4 is 10.1 Å². The number of piperidine rings is 1. The van der Waals surface area contributed by atoms with Gasteiger partial charge in [-0.2, -0.15) is 0 Å². The Balaban J connectivity index is 1.50. The highest BCUT2D eigenvalue weighted by Crippen LogP contribution is 2.15. The van der Waals surface area contributed by atoms with Crippen LogP contribution in [0.1, 0.15) is 40.6 Å². The maximum absolute atomic E-state index is 12.4. The molecule has 2 amide bonds. The summed E-state index contributed by atoms with van der Waals surface area (Å²) in [6.45, 7) is 3.75. The maximum Gasteiger partial charge on any atom is 0.272 e. The topological polar surface area (TPSA) is 71.5 Å². The fourth-order valence-electron chi connectivity index (χ4n) is 3.02. The van der Waals surface area contributed by atoms with Gasteiger partial charge in [-0.3, -0.25) is 14.6 Å². The minimum atomic E-state index is -0.0949. The summed E-state index contributed by atoms with van der Waals surface area (Å²) < 4.78 is 5.39. The number of nitrogens with one attached hydrogen (secondary N) is 1. The van der Waals surface area contributed by atoms with Crippen molar-refractivity contribution in [3.8, 4) is 5.75 Å². The molecule has 1 aromatic carbocycles. The van der Waals surface area contributed by atoms with Gasteiger partial charge in [0.05, 0.1) is 6.61 Å². The fraction of sp³-hybridized carbons (Fsp3) is 0.350. The number of carbonyl (C=O) groups excluding carboxylic acids is 2. The molecule has 1 aliphatic heterocycles. The van der Waals surface area contributed by atoms with E-state index in [1.807, 2.05) is 13.0 Å². The summed E-state index contributed by atoms with van der Waals surface area (Å²) >= 11 is 0. The minimum Gasteiger partial charge on any atom is -0.494 e. The number of pyridine rings is 1. The van der Waals surface area contributed by atoms with Crippen LogP contribution in [0, 0.1) is 0 Å². The molecule has 6 nitrogen and oxygen atoms in total. The molecule has 3 rings (SSSR count). The van der Waals surface area contributed by atoms with Crippen molar-refractivity contribution in [2.24, 2.45) is 0 Å². The van der Waals surface area contributed by atoms with Crippen LogP contribution in [0.3, 0.4) is 0 Å². The summed E-state index contributed by atoms with van der Waals surface area (Å²) in [5.41, 5.74) is 1.07. The number of amides is 2. The largest absolute Gasteiger partial charge is 0.494 e. The molecule has 1 aliphatic rings. The first kappa shape index (κ1) is 17.9. The molecule has 2 aromatic rings. The predicted molar refractivity (Wildman–Crippen MR) is 98.2 cm³/mol. The van der Waals surface area contributed by atoms with E-state index in [9.17, 15) is 9.59 Å². The number of rotatable bonds is 5. The van der Waals surface area contributed by atoms with Crippen molar-refractivity contribution in [1.29, 1.82) is 0 Å². The Morgan fingerprint density at radius 2 is 1.88 bits per heavy atom. The van der Waals surface area contributed by atoms with E-state index >= 15 is 0 Å². The van der Waals surface area contributed by atoms with E-state index in [0.717, 1.165) is 18.6 Å². The van der Waals surface area contributed by atoms with Crippen molar-refractivity contribution < 1.29 is 14.3 Å². The van der Waals surface area contributed by atoms with Crippen molar-refractivity contribution in [1.82, 2.24) is 15.2 Å². The first-order chi connectivity index (χ1) is 12.7. The number of carbonyl (C=O) groups is 2. The van der Waals surface area contributed by atoms with Crippen molar-refractivity contribution in [2.45, 2.75) is 25.8 Å². The third-order valence-electron chi connectivity index (χ3n) is 4.43. The highest BCUT2D eigenvalue weighted by molar-refractivity contribution is 5.94. The second kappa shape index (κ2) is 8.47. The van der Waals surface area contributed by atoms with Gasteiger partial charge in [-0.1, -0.05) is 6.07 Å². The molecule has 1 fully saturated rings. The second-order valence-electron chi connectivity index (χ2n) is 6.21. The van der Waals surface area contributed by atoms with E-state index in [4.69, 9.17) is 4.74 Å². The first-order valence-corrected chi connectivity index (χ1v) is 8.91. The van der Waals surface area contributed by atoms with Gasteiger partial charge >= 0.3 is 0 Å². The molecule has 0 spiro atoms. The predicted octanol–water partition coefficient (Wildman–Crippen LogP) is 2.51. The first-order valence-electron chi connectivity index (χ1n) is 8.91. The number of ether oxygens (including phenoxy) is 1. The van der Waals surface area contributed by atoms with E-state index in [1.54, 1.807) is 47.5 Å². The Morgan fingerprint density at radius 3 is 2.50 bits per heavy atom. The minimum absolute atomic E-state index is 0.0538. The standard InChI is InChI=1S/C20H23N3O3/c1-2-26-17-8-6-15(7-9-17)19(24)22-16-10-13-23(14-11-16)20(25)18-5-3-4-12-21-18/h3-9,12,16H,2,10-11,13-14H2,1H3,(H,22,24). The van der Waals surface area contributed by atoms with Gasteiger partial charge in [0.1, 0.15) is 11.4 Å². The van der Waals surface area contributed by atoms with E-state index < -0.39 is 0 Å². The molecular formula is C20H23N3O3. The smallest absolute Gasteiger partial charge is 0.272 e. The average molecular weight is 353 g/mol. The third-order valence-corrected chi connectivity index (χ3v) is 4.43. The molecule has 0 atom stereocenters. The SMILES string of the molecule is CCOc1ccc(C(=O)NC2CCN(C(=O)c3ccccn3)CC2)cc1. The number of benzene rings is 1. The lowest BCUT2D eigenvalue weighted by Gasteiger charge is -2.32. The van der Waals surface area contributed by atoms with Gasteiger partial charge in [-0.05, 0) is 56.2 Å². The maximum atomic E-state index is 12.4. The summed E-state index contributed by atoms with van der Waals surface area (Å²) in [6, 6.07) is 12.5. The molecule has 2 heterocycles. The second-order valence-corrected chi connectivity index (χ2v) is 6.21. The van der Waals surface area contributed by atoms with E-state index in [-0.39, 0.29) is 17.9 Å². The third kappa shape index (κ3) is 4.39. The molecule has 0 radical (unpaired) electrons. The summed E-state index contributed by atoms with van der Waals surface area (Å²) in [4.78, 5) is 30.7. The molecule has 1 N–H and O–H groups in total. The Bertz CT molecular complexity index is 739.